The number of halogens is 1. The zero-order valence-corrected chi connectivity index (χ0v) is 16.0. The predicted molar refractivity (Wildman–Crippen MR) is 101 cm³/mol. The van der Waals surface area contributed by atoms with Crippen LogP contribution in [0.3, 0.4) is 0 Å². The zero-order chi connectivity index (χ0) is 18.9. The van der Waals surface area contributed by atoms with Crippen LogP contribution in [0.2, 0.25) is 5.02 Å². The van der Waals surface area contributed by atoms with Gasteiger partial charge in [0.15, 0.2) is 5.82 Å². The van der Waals surface area contributed by atoms with E-state index in [1.165, 1.54) is 0 Å². The van der Waals surface area contributed by atoms with Crippen LogP contribution in [-0.4, -0.2) is 47.7 Å². The molecule has 7 nitrogen and oxygen atoms in total. The standard InChI is InChI=1S/C19H23ClN4O3/c1-26-19(18-22-17(23-27-18)13-5-6-13)7-9-24(10-8-19)12-16(25)21-15-4-2-3-14(20)11-15/h2-4,11,13H,5-10,12H2,1H3,(H,21,25). The molecule has 1 aromatic heterocycles. The van der Waals surface area contributed by atoms with Gasteiger partial charge < -0.3 is 14.6 Å². The van der Waals surface area contributed by atoms with Crippen LogP contribution in [0.4, 0.5) is 5.69 Å². The Bertz CT molecular complexity index is 813. The second-order valence-corrected chi connectivity index (χ2v) is 7.70. The van der Waals surface area contributed by atoms with Gasteiger partial charge in [-0.15, -0.1) is 0 Å². The molecule has 1 aliphatic carbocycles. The lowest BCUT2D eigenvalue weighted by atomic mass is 9.91. The summed E-state index contributed by atoms with van der Waals surface area (Å²) in [5.74, 6) is 1.75. The van der Waals surface area contributed by atoms with Crippen LogP contribution < -0.4 is 5.32 Å². The third-order valence-corrected chi connectivity index (χ3v) is 5.54. The van der Waals surface area contributed by atoms with Crippen molar-refractivity contribution < 1.29 is 14.1 Å². The molecule has 0 unspecified atom stereocenters. The third-order valence-electron chi connectivity index (χ3n) is 5.30. The molecule has 1 aliphatic heterocycles. The Hall–Kier alpha value is -1.96. The molecule has 27 heavy (non-hydrogen) atoms. The number of benzene rings is 1. The molecule has 8 heteroatoms. The summed E-state index contributed by atoms with van der Waals surface area (Å²) in [6.45, 7) is 1.76. The normalized spacial score (nSPS) is 19.8. The summed E-state index contributed by atoms with van der Waals surface area (Å²) in [5, 5.41) is 7.59. The summed E-state index contributed by atoms with van der Waals surface area (Å²) in [6.07, 6.45) is 3.68. The molecule has 144 valence electrons. The van der Waals surface area contributed by atoms with Crippen LogP contribution in [0, 0.1) is 0 Å². The second-order valence-electron chi connectivity index (χ2n) is 7.27. The zero-order valence-electron chi connectivity index (χ0n) is 15.3. The van der Waals surface area contributed by atoms with E-state index in [0.717, 1.165) is 31.8 Å². The minimum Gasteiger partial charge on any atom is -0.368 e. The number of rotatable bonds is 6. The smallest absolute Gasteiger partial charge is 0.258 e. The van der Waals surface area contributed by atoms with Crippen LogP contribution in [0.15, 0.2) is 28.8 Å². The predicted octanol–water partition coefficient (Wildman–Crippen LogP) is 3.18. The maximum atomic E-state index is 12.3. The maximum Gasteiger partial charge on any atom is 0.258 e. The summed E-state index contributed by atoms with van der Waals surface area (Å²) >= 11 is 5.96. The van der Waals surface area contributed by atoms with Crippen LogP contribution in [0.25, 0.3) is 0 Å². The number of hydrogen-bond donors (Lipinski definition) is 1. The molecule has 0 radical (unpaired) electrons. The highest BCUT2D eigenvalue weighted by Gasteiger charge is 2.42. The molecule has 1 amide bonds. The van der Waals surface area contributed by atoms with Crippen molar-refractivity contribution in [1.82, 2.24) is 15.0 Å². The largest absolute Gasteiger partial charge is 0.368 e. The molecule has 1 aromatic carbocycles. The molecule has 0 bridgehead atoms. The number of carbonyl (C=O) groups excluding carboxylic acids is 1. The molecule has 2 heterocycles. The van der Waals surface area contributed by atoms with E-state index >= 15 is 0 Å². The highest BCUT2D eigenvalue weighted by atomic mass is 35.5. The number of aromatic nitrogens is 2. The minimum atomic E-state index is -0.555. The van der Waals surface area contributed by atoms with E-state index in [0.29, 0.717) is 41.9 Å². The van der Waals surface area contributed by atoms with E-state index in [1.807, 2.05) is 12.1 Å². The molecule has 4 rings (SSSR count). The lowest BCUT2D eigenvalue weighted by Gasteiger charge is -2.37. The molecule has 0 atom stereocenters. The summed E-state index contributed by atoms with van der Waals surface area (Å²) in [4.78, 5) is 19.0. The highest BCUT2D eigenvalue weighted by Crippen LogP contribution is 2.41. The van der Waals surface area contributed by atoms with Gasteiger partial charge in [-0.2, -0.15) is 4.98 Å². The fourth-order valence-electron chi connectivity index (χ4n) is 3.47. The van der Waals surface area contributed by atoms with Crippen molar-refractivity contribution >= 4 is 23.2 Å². The number of hydrogen-bond acceptors (Lipinski definition) is 6. The molecule has 2 fully saturated rings. The summed E-state index contributed by atoms with van der Waals surface area (Å²) < 4.78 is 11.3. The van der Waals surface area contributed by atoms with E-state index < -0.39 is 5.60 Å². The summed E-state index contributed by atoms with van der Waals surface area (Å²) in [7, 11) is 1.68. The van der Waals surface area contributed by atoms with Crippen LogP contribution in [0.5, 0.6) is 0 Å². The average molecular weight is 391 g/mol. The number of anilines is 1. The molecular formula is C19H23ClN4O3. The van der Waals surface area contributed by atoms with E-state index in [2.05, 4.69) is 20.4 Å². The van der Waals surface area contributed by atoms with Gasteiger partial charge in [0.2, 0.25) is 5.91 Å². The molecule has 0 spiro atoms. The van der Waals surface area contributed by atoms with Gasteiger partial charge in [0, 0.05) is 36.8 Å². The van der Waals surface area contributed by atoms with Gasteiger partial charge in [0.25, 0.3) is 5.89 Å². The van der Waals surface area contributed by atoms with Gasteiger partial charge in [-0.25, -0.2) is 0 Å². The van der Waals surface area contributed by atoms with Crippen molar-refractivity contribution in [3.05, 3.63) is 41.0 Å². The van der Waals surface area contributed by atoms with Crippen molar-refractivity contribution in [2.24, 2.45) is 0 Å². The number of amides is 1. The first-order chi connectivity index (χ1) is 13.1. The van der Waals surface area contributed by atoms with Gasteiger partial charge in [-0.1, -0.05) is 22.8 Å². The SMILES string of the molecule is COC1(c2nc(C3CC3)no2)CCN(CC(=O)Nc2cccc(Cl)c2)CC1. The Morgan fingerprint density at radius 2 is 2.19 bits per heavy atom. The van der Waals surface area contributed by atoms with Gasteiger partial charge in [-0.05, 0) is 43.9 Å². The Morgan fingerprint density at radius 3 is 2.85 bits per heavy atom. The summed E-state index contributed by atoms with van der Waals surface area (Å²) in [5.41, 5.74) is 0.147. The van der Waals surface area contributed by atoms with Gasteiger partial charge in [-0.3, -0.25) is 9.69 Å². The molecule has 1 saturated carbocycles. The number of piperidine rings is 1. The number of nitrogens with zero attached hydrogens (tertiary/aromatic N) is 3. The number of carbonyl (C=O) groups is 1. The topological polar surface area (TPSA) is 80.5 Å². The van der Waals surface area contributed by atoms with Crippen LogP contribution in [-0.2, 0) is 15.1 Å². The van der Waals surface area contributed by atoms with E-state index in [1.54, 1.807) is 19.2 Å². The van der Waals surface area contributed by atoms with Crippen molar-refractivity contribution in [1.29, 1.82) is 0 Å². The van der Waals surface area contributed by atoms with Crippen molar-refractivity contribution in [3.8, 4) is 0 Å². The van der Waals surface area contributed by atoms with Crippen LogP contribution >= 0.6 is 11.6 Å². The Balaban J connectivity index is 1.33. The van der Waals surface area contributed by atoms with Crippen molar-refractivity contribution in [2.45, 2.75) is 37.2 Å². The van der Waals surface area contributed by atoms with Crippen molar-refractivity contribution in [3.63, 3.8) is 0 Å². The lowest BCUT2D eigenvalue weighted by molar-refractivity contribution is -0.120. The van der Waals surface area contributed by atoms with Gasteiger partial charge in [0.1, 0.15) is 5.60 Å². The fourth-order valence-corrected chi connectivity index (χ4v) is 3.67. The number of nitrogens with one attached hydrogen (secondary N) is 1. The fraction of sp³-hybridized carbons (Fsp3) is 0.526. The minimum absolute atomic E-state index is 0.0593. The molecule has 1 N–H and O–H groups in total. The highest BCUT2D eigenvalue weighted by molar-refractivity contribution is 6.30. The molecular weight excluding hydrogens is 368 g/mol. The Morgan fingerprint density at radius 1 is 1.41 bits per heavy atom. The first kappa shape index (κ1) is 18.4. The maximum absolute atomic E-state index is 12.3. The van der Waals surface area contributed by atoms with E-state index in [-0.39, 0.29) is 5.91 Å². The Labute approximate surface area is 163 Å². The number of methoxy groups -OCH3 is 1. The summed E-state index contributed by atoms with van der Waals surface area (Å²) in [6, 6.07) is 7.14. The molecule has 2 aliphatic rings. The average Bonchev–Trinajstić information content (AvgIpc) is 3.39. The van der Waals surface area contributed by atoms with E-state index in [4.69, 9.17) is 20.9 Å². The monoisotopic (exact) mass is 390 g/mol. The third kappa shape index (κ3) is 4.15. The van der Waals surface area contributed by atoms with Crippen molar-refractivity contribution in [2.75, 3.05) is 32.1 Å². The first-order valence-corrected chi connectivity index (χ1v) is 9.63. The quantitative estimate of drug-likeness (QED) is 0.815. The van der Waals surface area contributed by atoms with E-state index in [9.17, 15) is 4.79 Å². The number of ether oxygens (including phenoxy) is 1. The van der Waals surface area contributed by atoms with Gasteiger partial charge >= 0.3 is 0 Å². The Kier molecular flexibility index (Phi) is 5.16. The van der Waals surface area contributed by atoms with Crippen LogP contribution in [0.1, 0.15) is 43.3 Å². The molecule has 1 saturated heterocycles. The lowest BCUT2D eigenvalue weighted by Crippen LogP contribution is -2.46. The number of likely N-dealkylation sites (tertiary alicyclic amines) is 1. The first-order valence-electron chi connectivity index (χ1n) is 9.25. The van der Waals surface area contributed by atoms with Gasteiger partial charge in [0.05, 0.1) is 6.54 Å². The molecule has 2 aromatic rings. The second kappa shape index (κ2) is 7.58.